The molecule has 0 bridgehead atoms. The highest BCUT2D eigenvalue weighted by Gasteiger charge is 2.13. The van der Waals surface area contributed by atoms with E-state index >= 15 is 0 Å². The van der Waals surface area contributed by atoms with Crippen LogP contribution in [0, 0.1) is 11.3 Å². The second-order valence-corrected chi connectivity index (χ2v) is 5.90. The quantitative estimate of drug-likeness (QED) is 0.699. The Morgan fingerprint density at radius 1 is 1.12 bits per heavy atom. The van der Waals surface area contributed by atoms with Gasteiger partial charge in [-0.15, -0.1) is 0 Å². The topological polar surface area (TPSA) is 103 Å². The molecule has 0 aliphatic carbocycles. The summed E-state index contributed by atoms with van der Waals surface area (Å²) < 4.78 is 7.71. The lowest BCUT2D eigenvalue weighted by atomic mass is 10.1. The van der Waals surface area contributed by atoms with E-state index < -0.39 is 5.69 Å². The third-order valence-electron chi connectivity index (χ3n) is 4.19. The van der Waals surface area contributed by atoms with Gasteiger partial charge in [-0.2, -0.15) is 5.26 Å². The molecule has 0 radical (unpaired) electrons. The number of methoxy groups -OCH3 is 1. The van der Waals surface area contributed by atoms with Crippen LogP contribution in [0.3, 0.4) is 0 Å². The van der Waals surface area contributed by atoms with E-state index in [-0.39, 0.29) is 25.3 Å². The van der Waals surface area contributed by atoms with Crippen LogP contribution in [0.2, 0.25) is 0 Å². The van der Waals surface area contributed by atoms with Crippen LogP contribution >= 0.6 is 0 Å². The largest absolute Gasteiger partial charge is 0.399 e. The van der Waals surface area contributed by atoms with E-state index in [9.17, 15) is 9.59 Å². The Morgan fingerprint density at radius 3 is 2.50 bits per heavy atom. The summed E-state index contributed by atoms with van der Waals surface area (Å²) in [4.78, 5) is 25.6. The van der Waals surface area contributed by atoms with Crippen LogP contribution in [0.5, 0.6) is 0 Å². The molecule has 1 aromatic heterocycles. The lowest BCUT2D eigenvalue weighted by Gasteiger charge is -2.14. The van der Waals surface area contributed by atoms with Crippen molar-refractivity contribution in [2.75, 3.05) is 19.5 Å². The smallest absolute Gasteiger partial charge is 0.331 e. The van der Waals surface area contributed by atoms with Gasteiger partial charge in [0.05, 0.1) is 42.2 Å². The zero-order chi connectivity index (χ0) is 18.7. The van der Waals surface area contributed by atoms with Crippen LogP contribution in [0.1, 0.15) is 11.1 Å². The Labute approximate surface area is 149 Å². The number of aromatic nitrogens is 2. The molecule has 132 valence electrons. The van der Waals surface area contributed by atoms with Crippen LogP contribution in [0.4, 0.5) is 5.69 Å². The fourth-order valence-electron chi connectivity index (χ4n) is 2.84. The van der Waals surface area contributed by atoms with Gasteiger partial charge < -0.3 is 10.5 Å². The normalized spacial score (nSPS) is 10.8. The van der Waals surface area contributed by atoms with Gasteiger partial charge in [0.15, 0.2) is 0 Å². The van der Waals surface area contributed by atoms with Crippen LogP contribution < -0.4 is 17.0 Å². The second-order valence-electron chi connectivity index (χ2n) is 5.90. The Balaban J connectivity index is 2.20. The minimum absolute atomic E-state index is 0.159. The summed E-state index contributed by atoms with van der Waals surface area (Å²) in [6.07, 6.45) is 0. The fraction of sp³-hybridized carbons (Fsp3) is 0.211. The number of benzene rings is 2. The van der Waals surface area contributed by atoms with Crippen molar-refractivity contribution in [2.45, 2.75) is 13.1 Å². The number of nitrogen functional groups attached to an aromatic ring is 1. The van der Waals surface area contributed by atoms with Crippen LogP contribution in [-0.4, -0.2) is 22.9 Å². The molecule has 26 heavy (non-hydrogen) atoms. The molecular weight excluding hydrogens is 332 g/mol. The first-order chi connectivity index (χ1) is 12.5. The molecule has 0 unspecified atom stereocenters. The summed E-state index contributed by atoms with van der Waals surface area (Å²) in [6.45, 7) is 0.685. The highest BCUT2D eigenvalue weighted by molar-refractivity contribution is 5.81. The Bertz CT molecular complexity index is 1110. The number of ether oxygens (including phenoxy) is 1. The average Bonchev–Trinajstić information content (AvgIpc) is 2.66. The molecule has 2 N–H and O–H groups in total. The summed E-state index contributed by atoms with van der Waals surface area (Å²) in [5, 5.41) is 9.30. The third kappa shape index (κ3) is 3.23. The number of hydrogen-bond acceptors (Lipinski definition) is 5. The van der Waals surface area contributed by atoms with Gasteiger partial charge in [0.1, 0.15) is 0 Å². The first kappa shape index (κ1) is 17.5. The molecule has 0 aliphatic heterocycles. The number of nitriles is 1. The highest BCUT2D eigenvalue weighted by Crippen LogP contribution is 2.14. The highest BCUT2D eigenvalue weighted by atomic mass is 16.5. The molecule has 0 atom stereocenters. The molecule has 0 fully saturated rings. The maximum atomic E-state index is 12.9. The van der Waals surface area contributed by atoms with Gasteiger partial charge in [0.25, 0.3) is 5.56 Å². The lowest BCUT2D eigenvalue weighted by Crippen LogP contribution is -2.41. The van der Waals surface area contributed by atoms with Crippen LogP contribution in [-0.2, 0) is 17.8 Å². The molecule has 0 spiro atoms. The number of anilines is 1. The number of rotatable bonds is 5. The Hall–Kier alpha value is -3.37. The first-order valence-electron chi connectivity index (χ1n) is 8.06. The van der Waals surface area contributed by atoms with E-state index in [0.29, 0.717) is 22.2 Å². The zero-order valence-corrected chi connectivity index (χ0v) is 14.3. The standard InChI is InChI=1S/C19H18N4O3/c1-26-9-8-22-18(24)16-10-15(21)6-7-17(16)23(19(22)25)12-14-4-2-13(11-20)3-5-14/h2-7,10H,8-9,12,21H2,1H3. The average molecular weight is 350 g/mol. The minimum Gasteiger partial charge on any atom is -0.399 e. The van der Waals surface area contributed by atoms with Crippen molar-refractivity contribution in [2.24, 2.45) is 0 Å². The van der Waals surface area contributed by atoms with Gasteiger partial charge in [0, 0.05) is 12.8 Å². The van der Waals surface area contributed by atoms with Gasteiger partial charge in [-0.1, -0.05) is 12.1 Å². The number of nitrogens with two attached hydrogens (primary N) is 1. The molecule has 0 saturated carbocycles. The molecule has 3 rings (SSSR count). The molecule has 3 aromatic rings. The summed E-state index contributed by atoms with van der Waals surface area (Å²) in [7, 11) is 1.51. The Morgan fingerprint density at radius 2 is 1.85 bits per heavy atom. The van der Waals surface area contributed by atoms with E-state index in [1.54, 1.807) is 42.5 Å². The summed E-state index contributed by atoms with van der Waals surface area (Å²) in [5.41, 5.74) is 7.40. The number of nitrogens with zero attached hydrogens (tertiary/aromatic N) is 3. The van der Waals surface area contributed by atoms with Crippen LogP contribution in [0.25, 0.3) is 10.9 Å². The van der Waals surface area contributed by atoms with Crippen molar-refractivity contribution >= 4 is 16.6 Å². The molecule has 0 saturated heterocycles. The third-order valence-corrected chi connectivity index (χ3v) is 4.19. The summed E-state index contributed by atoms with van der Waals surface area (Å²) in [5.74, 6) is 0. The van der Waals surface area contributed by atoms with Gasteiger partial charge in [-0.25, -0.2) is 4.79 Å². The minimum atomic E-state index is -0.409. The van der Waals surface area contributed by atoms with E-state index in [1.807, 2.05) is 0 Å². The van der Waals surface area contributed by atoms with E-state index in [0.717, 1.165) is 10.1 Å². The number of hydrogen-bond donors (Lipinski definition) is 1. The van der Waals surface area contributed by atoms with Crippen molar-refractivity contribution in [3.8, 4) is 6.07 Å². The molecule has 1 heterocycles. The predicted octanol–water partition coefficient (Wildman–Crippen LogP) is 1.31. The number of fused-ring (bicyclic) bond motifs is 1. The predicted molar refractivity (Wildman–Crippen MR) is 99.0 cm³/mol. The van der Waals surface area contributed by atoms with E-state index in [1.165, 1.54) is 11.7 Å². The molecule has 0 amide bonds. The maximum Gasteiger partial charge on any atom is 0.331 e. The van der Waals surface area contributed by atoms with E-state index in [4.69, 9.17) is 15.7 Å². The fourth-order valence-corrected chi connectivity index (χ4v) is 2.84. The van der Waals surface area contributed by atoms with Gasteiger partial charge in [-0.3, -0.25) is 13.9 Å². The molecular formula is C19H18N4O3. The van der Waals surface area contributed by atoms with Gasteiger partial charge in [-0.05, 0) is 35.9 Å². The van der Waals surface area contributed by atoms with Crippen molar-refractivity contribution < 1.29 is 4.74 Å². The monoisotopic (exact) mass is 350 g/mol. The van der Waals surface area contributed by atoms with Crippen molar-refractivity contribution in [1.82, 2.24) is 9.13 Å². The second kappa shape index (κ2) is 7.25. The first-order valence-corrected chi connectivity index (χ1v) is 8.06. The van der Waals surface area contributed by atoms with Crippen molar-refractivity contribution in [3.05, 3.63) is 74.4 Å². The zero-order valence-electron chi connectivity index (χ0n) is 14.3. The molecule has 2 aromatic carbocycles. The summed E-state index contributed by atoms with van der Waals surface area (Å²) in [6, 6.07) is 14.0. The van der Waals surface area contributed by atoms with Crippen molar-refractivity contribution in [1.29, 1.82) is 5.26 Å². The molecule has 0 aliphatic rings. The maximum absolute atomic E-state index is 12.9. The van der Waals surface area contributed by atoms with Crippen LogP contribution in [0.15, 0.2) is 52.1 Å². The lowest BCUT2D eigenvalue weighted by molar-refractivity contribution is 0.184. The van der Waals surface area contributed by atoms with Gasteiger partial charge in [0.2, 0.25) is 0 Å². The summed E-state index contributed by atoms with van der Waals surface area (Å²) >= 11 is 0. The van der Waals surface area contributed by atoms with Gasteiger partial charge >= 0.3 is 5.69 Å². The van der Waals surface area contributed by atoms with Crippen molar-refractivity contribution in [3.63, 3.8) is 0 Å². The Kier molecular flexibility index (Phi) is 4.87. The van der Waals surface area contributed by atoms with E-state index in [2.05, 4.69) is 6.07 Å². The molecule has 7 heteroatoms. The SMILES string of the molecule is COCCn1c(=O)c2cc(N)ccc2n(Cc2ccc(C#N)cc2)c1=O. The molecule has 7 nitrogen and oxygen atoms in total.